The molecule has 1 heterocycles. The minimum absolute atomic E-state index is 0.0705. The van der Waals surface area contributed by atoms with Gasteiger partial charge in [-0.05, 0) is 85.1 Å². The van der Waals surface area contributed by atoms with Crippen LogP contribution in [0.5, 0.6) is 11.5 Å². The largest absolute Gasteiger partial charge is 0.492 e. The standard InChI is InChI=1S/C32H36O6/c1-21-5-3-8-28(22(2)15-30(21)36-14-13-35-26-9-10-26)24-7-4-6-23(16-24)19-37-27-11-12-29-25(17-32(33)34)20-38-31(29)18-27/h4,6-7,11-12,15-16,18,25-26H,1,3,5,8-10,13-14,17,19-20H2,2H3,(H,33,34)/b28-22+,30-15?/t25-/m1/s1. The zero-order chi connectivity index (χ0) is 26.5. The average molecular weight is 517 g/mol. The molecule has 0 radical (unpaired) electrons. The first-order valence-corrected chi connectivity index (χ1v) is 13.5. The molecule has 6 nitrogen and oxygen atoms in total. The van der Waals surface area contributed by atoms with Gasteiger partial charge >= 0.3 is 5.97 Å². The fourth-order valence-electron chi connectivity index (χ4n) is 5.04. The molecule has 1 aliphatic heterocycles. The Labute approximate surface area is 224 Å². The van der Waals surface area contributed by atoms with E-state index in [0.29, 0.717) is 44.0 Å². The third-order valence-corrected chi connectivity index (χ3v) is 7.26. The van der Waals surface area contributed by atoms with Gasteiger partial charge in [0.25, 0.3) is 0 Å². The van der Waals surface area contributed by atoms with Gasteiger partial charge in [-0.15, -0.1) is 0 Å². The molecule has 1 saturated carbocycles. The Morgan fingerprint density at radius 1 is 1.11 bits per heavy atom. The average Bonchev–Trinajstić information content (AvgIpc) is 3.65. The van der Waals surface area contributed by atoms with Crippen molar-refractivity contribution in [2.75, 3.05) is 19.8 Å². The van der Waals surface area contributed by atoms with E-state index >= 15 is 0 Å². The third-order valence-electron chi connectivity index (χ3n) is 7.26. The number of fused-ring (bicyclic) bond motifs is 1. The fraction of sp³-hybridized carbons (Fsp3) is 0.406. The highest BCUT2D eigenvalue weighted by Gasteiger charge is 2.26. The van der Waals surface area contributed by atoms with E-state index in [1.165, 1.54) is 29.6 Å². The van der Waals surface area contributed by atoms with E-state index in [1.807, 2.05) is 18.2 Å². The summed E-state index contributed by atoms with van der Waals surface area (Å²) in [7, 11) is 0. The van der Waals surface area contributed by atoms with Crippen molar-refractivity contribution in [1.82, 2.24) is 0 Å². The molecule has 0 amide bonds. The van der Waals surface area contributed by atoms with Crippen LogP contribution in [0.3, 0.4) is 0 Å². The minimum atomic E-state index is -0.816. The lowest BCUT2D eigenvalue weighted by Gasteiger charge is -2.19. The molecule has 3 aliphatic rings. The first-order valence-electron chi connectivity index (χ1n) is 13.5. The maximum absolute atomic E-state index is 11.1. The van der Waals surface area contributed by atoms with Crippen LogP contribution < -0.4 is 9.47 Å². The monoisotopic (exact) mass is 516 g/mol. The molecule has 5 rings (SSSR count). The smallest absolute Gasteiger partial charge is 0.304 e. The van der Waals surface area contributed by atoms with Crippen LogP contribution in [-0.4, -0.2) is 37.0 Å². The molecule has 0 spiro atoms. The lowest BCUT2D eigenvalue weighted by molar-refractivity contribution is -0.137. The number of hydrogen-bond donors (Lipinski definition) is 1. The van der Waals surface area contributed by atoms with Gasteiger partial charge in [-0.2, -0.15) is 0 Å². The molecule has 1 atom stereocenters. The summed E-state index contributed by atoms with van der Waals surface area (Å²) in [4.78, 5) is 11.1. The van der Waals surface area contributed by atoms with Gasteiger partial charge in [0.2, 0.25) is 0 Å². The summed E-state index contributed by atoms with van der Waals surface area (Å²) in [6.07, 6.45) is 7.86. The Morgan fingerprint density at radius 2 is 1.97 bits per heavy atom. The molecule has 2 aliphatic carbocycles. The predicted molar refractivity (Wildman–Crippen MR) is 146 cm³/mol. The van der Waals surface area contributed by atoms with E-state index in [1.54, 1.807) is 0 Å². The lowest BCUT2D eigenvalue weighted by atomic mass is 9.90. The van der Waals surface area contributed by atoms with Crippen LogP contribution in [0, 0.1) is 0 Å². The summed E-state index contributed by atoms with van der Waals surface area (Å²) >= 11 is 0. The molecular formula is C32H36O6. The molecule has 38 heavy (non-hydrogen) atoms. The number of rotatable bonds is 11. The third kappa shape index (κ3) is 6.67. The number of carboxylic acid groups (broad SMARTS) is 1. The first kappa shape index (κ1) is 26.1. The summed E-state index contributed by atoms with van der Waals surface area (Å²) in [5.41, 5.74) is 6.75. The van der Waals surface area contributed by atoms with Crippen LogP contribution in [-0.2, 0) is 20.9 Å². The van der Waals surface area contributed by atoms with Gasteiger partial charge in [0.05, 0.1) is 25.7 Å². The summed E-state index contributed by atoms with van der Waals surface area (Å²) in [5, 5.41) is 9.11. The highest BCUT2D eigenvalue weighted by atomic mass is 16.5. The van der Waals surface area contributed by atoms with Gasteiger partial charge in [0.15, 0.2) is 0 Å². The van der Waals surface area contributed by atoms with Gasteiger partial charge in [0.1, 0.15) is 30.5 Å². The van der Waals surface area contributed by atoms with E-state index in [2.05, 4.69) is 43.8 Å². The molecule has 0 aromatic heterocycles. The predicted octanol–water partition coefficient (Wildman–Crippen LogP) is 6.81. The van der Waals surface area contributed by atoms with Crippen molar-refractivity contribution in [3.05, 3.63) is 88.7 Å². The van der Waals surface area contributed by atoms with E-state index < -0.39 is 5.97 Å². The van der Waals surface area contributed by atoms with E-state index in [0.717, 1.165) is 41.7 Å². The van der Waals surface area contributed by atoms with Gasteiger partial charge in [-0.1, -0.05) is 30.8 Å². The number of carbonyl (C=O) groups is 1. The first-order chi connectivity index (χ1) is 18.5. The maximum atomic E-state index is 11.1. The van der Waals surface area contributed by atoms with Crippen LogP contribution in [0.1, 0.15) is 68.1 Å². The molecule has 0 unspecified atom stereocenters. The lowest BCUT2D eigenvalue weighted by Crippen LogP contribution is -2.07. The van der Waals surface area contributed by atoms with Crippen molar-refractivity contribution < 1.29 is 28.8 Å². The Hall–Kier alpha value is -3.51. The second-order valence-corrected chi connectivity index (χ2v) is 10.3. The number of allylic oxidation sites excluding steroid dienone is 4. The van der Waals surface area contributed by atoms with Crippen LogP contribution in [0.15, 0.2) is 72.0 Å². The maximum Gasteiger partial charge on any atom is 0.304 e. The number of aliphatic carboxylic acids is 1. The SMILES string of the molecule is C=C1CCC/C(c2cccc(COc3ccc4c(c3)OC[C@H]4CC(=O)O)c2)=C(/C)C=C1OCCOC1CC1. The highest BCUT2D eigenvalue weighted by Crippen LogP contribution is 2.38. The Bertz CT molecular complexity index is 1250. The number of ether oxygens (including phenoxy) is 4. The van der Waals surface area contributed by atoms with Crippen molar-refractivity contribution in [3.8, 4) is 11.5 Å². The molecule has 1 fully saturated rings. The van der Waals surface area contributed by atoms with Crippen molar-refractivity contribution in [2.45, 2.75) is 64.1 Å². The highest BCUT2D eigenvalue weighted by molar-refractivity contribution is 5.72. The molecule has 2 aromatic carbocycles. The minimum Gasteiger partial charge on any atom is -0.492 e. The molecule has 2 aromatic rings. The molecule has 0 saturated heterocycles. The fourth-order valence-corrected chi connectivity index (χ4v) is 5.04. The van der Waals surface area contributed by atoms with Crippen molar-refractivity contribution in [1.29, 1.82) is 0 Å². The second kappa shape index (κ2) is 11.9. The van der Waals surface area contributed by atoms with Gasteiger partial charge < -0.3 is 24.1 Å². The van der Waals surface area contributed by atoms with Crippen LogP contribution in [0.25, 0.3) is 5.57 Å². The normalized spacial score (nSPS) is 21.1. The van der Waals surface area contributed by atoms with Crippen molar-refractivity contribution in [3.63, 3.8) is 0 Å². The topological polar surface area (TPSA) is 74.2 Å². The molecular weight excluding hydrogens is 480 g/mol. The quantitative estimate of drug-likeness (QED) is 0.331. The van der Waals surface area contributed by atoms with Crippen LogP contribution >= 0.6 is 0 Å². The zero-order valence-corrected chi connectivity index (χ0v) is 22.0. The van der Waals surface area contributed by atoms with Gasteiger partial charge in [-0.3, -0.25) is 4.79 Å². The van der Waals surface area contributed by atoms with Gasteiger partial charge in [-0.25, -0.2) is 0 Å². The van der Waals surface area contributed by atoms with Crippen LogP contribution in [0.2, 0.25) is 0 Å². The summed E-state index contributed by atoms with van der Waals surface area (Å²) in [6, 6.07) is 14.2. The molecule has 0 bridgehead atoms. The number of benzene rings is 2. The summed E-state index contributed by atoms with van der Waals surface area (Å²) in [6.45, 7) is 8.38. The molecule has 200 valence electrons. The zero-order valence-electron chi connectivity index (χ0n) is 22.0. The molecule has 6 heteroatoms. The van der Waals surface area contributed by atoms with Crippen molar-refractivity contribution >= 4 is 11.5 Å². The number of carboxylic acids is 1. The summed E-state index contributed by atoms with van der Waals surface area (Å²) < 4.78 is 23.6. The molecule has 1 N–H and O–H groups in total. The number of hydrogen-bond acceptors (Lipinski definition) is 5. The Balaban J connectivity index is 1.25. The van der Waals surface area contributed by atoms with Gasteiger partial charge in [0, 0.05) is 17.5 Å². The van der Waals surface area contributed by atoms with E-state index in [-0.39, 0.29) is 12.3 Å². The van der Waals surface area contributed by atoms with Crippen LogP contribution in [0.4, 0.5) is 0 Å². The second-order valence-electron chi connectivity index (χ2n) is 10.3. The summed E-state index contributed by atoms with van der Waals surface area (Å²) in [5.74, 6) is 1.36. The Kier molecular flexibility index (Phi) is 8.18. The van der Waals surface area contributed by atoms with E-state index in [9.17, 15) is 4.79 Å². The van der Waals surface area contributed by atoms with Crippen molar-refractivity contribution in [2.24, 2.45) is 0 Å². The van der Waals surface area contributed by atoms with E-state index in [4.69, 9.17) is 24.1 Å². The Morgan fingerprint density at radius 3 is 2.79 bits per heavy atom.